The summed E-state index contributed by atoms with van der Waals surface area (Å²) in [6.07, 6.45) is 0. The van der Waals surface area contributed by atoms with Gasteiger partial charge in [0.2, 0.25) is 0 Å². The molecular formula is C9H10ClNO3. The molecule has 0 bridgehead atoms. The van der Waals surface area contributed by atoms with Gasteiger partial charge in [-0.3, -0.25) is 10.3 Å². The minimum absolute atomic E-state index is 0.335. The van der Waals surface area contributed by atoms with Gasteiger partial charge in [0.1, 0.15) is 0 Å². The zero-order valence-electron chi connectivity index (χ0n) is 7.83. The number of hydrogen-bond acceptors (Lipinski definition) is 4. The van der Waals surface area contributed by atoms with E-state index in [9.17, 15) is 4.79 Å². The van der Waals surface area contributed by atoms with E-state index in [1.165, 1.54) is 20.3 Å². The van der Waals surface area contributed by atoms with Gasteiger partial charge in [0.15, 0.2) is 0 Å². The molecule has 0 unspecified atom stereocenters. The van der Waals surface area contributed by atoms with E-state index in [2.05, 4.69) is 10.2 Å². The smallest absolute Gasteiger partial charge is 0.340 e. The van der Waals surface area contributed by atoms with E-state index in [-0.39, 0.29) is 0 Å². The lowest BCUT2D eigenvalue weighted by atomic mass is 10.2. The van der Waals surface area contributed by atoms with Crippen molar-refractivity contribution < 1.29 is 14.4 Å². The van der Waals surface area contributed by atoms with Gasteiger partial charge in [-0.2, -0.15) is 0 Å². The molecule has 0 fully saturated rings. The molecule has 0 saturated heterocycles. The second kappa shape index (κ2) is 4.83. The SMILES string of the molecule is CONc1ccc(Cl)cc1C(=O)OC. The highest BCUT2D eigenvalue weighted by Gasteiger charge is 2.11. The van der Waals surface area contributed by atoms with Crippen LogP contribution in [0.1, 0.15) is 10.4 Å². The van der Waals surface area contributed by atoms with Crippen LogP contribution in [-0.2, 0) is 9.57 Å². The Morgan fingerprint density at radius 1 is 1.43 bits per heavy atom. The van der Waals surface area contributed by atoms with E-state index >= 15 is 0 Å². The summed E-state index contributed by atoms with van der Waals surface area (Å²) in [7, 11) is 2.76. The molecule has 0 aliphatic heterocycles. The van der Waals surface area contributed by atoms with Crippen LogP contribution in [0.2, 0.25) is 5.02 Å². The van der Waals surface area contributed by atoms with Crippen LogP contribution < -0.4 is 5.48 Å². The summed E-state index contributed by atoms with van der Waals surface area (Å²) in [5.41, 5.74) is 3.41. The normalized spacial score (nSPS) is 9.64. The molecule has 0 atom stereocenters. The summed E-state index contributed by atoms with van der Waals surface area (Å²) in [6, 6.07) is 4.79. The Kier molecular flexibility index (Phi) is 3.73. The highest BCUT2D eigenvalue weighted by Crippen LogP contribution is 2.21. The number of halogens is 1. The van der Waals surface area contributed by atoms with Crippen molar-refractivity contribution in [3.63, 3.8) is 0 Å². The van der Waals surface area contributed by atoms with Crippen molar-refractivity contribution in [2.24, 2.45) is 0 Å². The Morgan fingerprint density at radius 2 is 2.14 bits per heavy atom. The van der Waals surface area contributed by atoms with Crippen molar-refractivity contribution in [3.05, 3.63) is 28.8 Å². The van der Waals surface area contributed by atoms with Crippen LogP contribution in [0.25, 0.3) is 0 Å². The fourth-order valence-electron chi connectivity index (χ4n) is 0.994. The Hall–Kier alpha value is -1.26. The van der Waals surface area contributed by atoms with Crippen molar-refractivity contribution in [2.75, 3.05) is 19.7 Å². The molecule has 1 aromatic carbocycles. The van der Waals surface area contributed by atoms with Gasteiger partial charge in [-0.1, -0.05) is 11.6 Å². The predicted molar refractivity (Wildman–Crippen MR) is 53.4 cm³/mol. The topological polar surface area (TPSA) is 47.6 Å². The van der Waals surface area contributed by atoms with Crippen LogP contribution in [-0.4, -0.2) is 20.2 Å². The van der Waals surface area contributed by atoms with Crippen molar-refractivity contribution in [3.8, 4) is 0 Å². The minimum Gasteiger partial charge on any atom is -0.465 e. The summed E-state index contributed by atoms with van der Waals surface area (Å²) in [5.74, 6) is -0.466. The third kappa shape index (κ3) is 2.37. The Labute approximate surface area is 86.7 Å². The second-order valence-electron chi connectivity index (χ2n) is 2.49. The van der Waals surface area contributed by atoms with E-state index in [4.69, 9.17) is 16.4 Å². The van der Waals surface area contributed by atoms with Crippen LogP contribution in [0.15, 0.2) is 18.2 Å². The first-order chi connectivity index (χ1) is 6.69. The van der Waals surface area contributed by atoms with Crippen molar-refractivity contribution >= 4 is 23.3 Å². The lowest BCUT2D eigenvalue weighted by Gasteiger charge is -2.08. The van der Waals surface area contributed by atoms with Crippen molar-refractivity contribution in [1.82, 2.24) is 0 Å². The van der Waals surface area contributed by atoms with E-state index < -0.39 is 5.97 Å². The molecule has 0 radical (unpaired) electrons. The first-order valence-electron chi connectivity index (χ1n) is 3.86. The van der Waals surface area contributed by atoms with Crippen molar-refractivity contribution in [2.45, 2.75) is 0 Å². The lowest BCUT2D eigenvalue weighted by molar-refractivity contribution is 0.0601. The van der Waals surface area contributed by atoms with Gasteiger partial charge in [-0.15, -0.1) is 0 Å². The van der Waals surface area contributed by atoms with Gasteiger partial charge < -0.3 is 4.74 Å². The molecule has 0 aliphatic carbocycles. The maximum absolute atomic E-state index is 11.3. The van der Waals surface area contributed by atoms with E-state index in [0.717, 1.165) is 0 Å². The largest absolute Gasteiger partial charge is 0.465 e. The molecule has 76 valence electrons. The number of rotatable bonds is 3. The third-order valence-electron chi connectivity index (χ3n) is 1.60. The maximum atomic E-state index is 11.3. The fraction of sp³-hybridized carbons (Fsp3) is 0.222. The number of hydrogen-bond donors (Lipinski definition) is 1. The number of carbonyl (C=O) groups excluding carboxylic acids is 1. The summed E-state index contributed by atoms with van der Waals surface area (Å²) < 4.78 is 4.59. The van der Waals surface area contributed by atoms with E-state index in [1.807, 2.05) is 0 Å². The highest BCUT2D eigenvalue weighted by atomic mass is 35.5. The molecule has 0 heterocycles. The third-order valence-corrected chi connectivity index (χ3v) is 1.83. The van der Waals surface area contributed by atoms with Gasteiger partial charge in [0.25, 0.3) is 0 Å². The lowest BCUT2D eigenvalue weighted by Crippen LogP contribution is -2.07. The molecule has 14 heavy (non-hydrogen) atoms. The average molecular weight is 216 g/mol. The van der Waals surface area contributed by atoms with E-state index in [0.29, 0.717) is 16.3 Å². The molecule has 0 aliphatic rings. The standard InChI is InChI=1S/C9H10ClNO3/c1-13-9(12)7-5-6(10)3-4-8(7)11-14-2/h3-5,11H,1-2H3. The molecule has 1 rings (SSSR count). The first kappa shape index (κ1) is 10.8. The number of nitrogens with one attached hydrogen (secondary N) is 1. The molecule has 0 amide bonds. The number of ether oxygens (including phenoxy) is 1. The molecule has 0 spiro atoms. The number of methoxy groups -OCH3 is 1. The van der Waals surface area contributed by atoms with Gasteiger partial charge in [-0.05, 0) is 18.2 Å². The average Bonchev–Trinajstić information content (AvgIpc) is 2.20. The fourth-order valence-corrected chi connectivity index (χ4v) is 1.17. The van der Waals surface area contributed by atoms with Gasteiger partial charge in [0.05, 0.1) is 25.5 Å². The summed E-state index contributed by atoms with van der Waals surface area (Å²) in [6.45, 7) is 0. The van der Waals surface area contributed by atoms with Crippen LogP contribution >= 0.6 is 11.6 Å². The quantitative estimate of drug-likeness (QED) is 0.620. The molecule has 1 aromatic rings. The molecule has 1 N–H and O–H groups in total. The molecule has 5 heteroatoms. The van der Waals surface area contributed by atoms with Crippen LogP contribution in [0.4, 0.5) is 5.69 Å². The first-order valence-corrected chi connectivity index (χ1v) is 4.23. The highest BCUT2D eigenvalue weighted by molar-refractivity contribution is 6.31. The van der Waals surface area contributed by atoms with Gasteiger partial charge >= 0.3 is 5.97 Å². The van der Waals surface area contributed by atoms with Crippen LogP contribution in [0.5, 0.6) is 0 Å². The number of esters is 1. The predicted octanol–water partition coefficient (Wildman–Crippen LogP) is 2.10. The Bertz CT molecular complexity index is 341. The summed E-state index contributed by atoms with van der Waals surface area (Å²) >= 11 is 5.74. The molecular weight excluding hydrogens is 206 g/mol. The zero-order valence-corrected chi connectivity index (χ0v) is 8.59. The number of benzene rings is 1. The minimum atomic E-state index is -0.466. The maximum Gasteiger partial charge on any atom is 0.340 e. The van der Waals surface area contributed by atoms with E-state index in [1.54, 1.807) is 12.1 Å². The number of carbonyl (C=O) groups is 1. The van der Waals surface area contributed by atoms with Crippen LogP contribution in [0.3, 0.4) is 0 Å². The Balaban J connectivity index is 3.08. The Morgan fingerprint density at radius 3 is 2.71 bits per heavy atom. The second-order valence-corrected chi connectivity index (χ2v) is 2.92. The molecule has 0 saturated carbocycles. The van der Waals surface area contributed by atoms with Gasteiger partial charge in [0, 0.05) is 5.02 Å². The van der Waals surface area contributed by atoms with Gasteiger partial charge in [-0.25, -0.2) is 4.79 Å². The molecule has 4 nitrogen and oxygen atoms in total. The molecule has 0 aromatic heterocycles. The van der Waals surface area contributed by atoms with Crippen molar-refractivity contribution in [1.29, 1.82) is 0 Å². The summed E-state index contributed by atoms with van der Waals surface area (Å²) in [4.78, 5) is 16.0. The zero-order chi connectivity index (χ0) is 10.6. The number of anilines is 1. The monoisotopic (exact) mass is 215 g/mol. The summed E-state index contributed by atoms with van der Waals surface area (Å²) in [5, 5.41) is 0.465. The van der Waals surface area contributed by atoms with Crippen LogP contribution in [0, 0.1) is 0 Å².